The van der Waals surface area contributed by atoms with Gasteiger partial charge in [-0.05, 0) is 0 Å². The summed E-state index contributed by atoms with van der Waals surface area (Å²) < 4.78 is 48.0. The van der Waals surface area contributed by atoms with E-state index >= 15 is 0 Å². The Morgan fingerprint density at radius 1 is 1.33 bits per heavy atom. The van der Waals surface area contributed by atoms with Crippen LogP contribution in [0.4, 0.5) is 0 Å². The fraction of sp³-hybridized carbons (Fsp3) is 1.00. The molecule has 0 spiro atoms. The van der Waals surface area contributed by atoms with E-state index in [0.717, 1.165) is 0 Å². The summed E-state index contributed by atoms with van der Waals surface area (Å²) >= 11 is 0. The van der Waals surface area contributed by atoms with Crippen molar-refractivity contribution in [2.24, 2.45) is 0 Å². The molecule has 0 heterocycles. The molecule has 70 valence electrons. The van der Waals surface area contributed by atoms with Gasteiger partial charge in [-0.15, -0.1) is 0 Å². The van der Waals surface area contributed by atoms with Gasteiger partial charge in [0, 0.05) is 6.54 Å². The third kappa shape index (κ3) is 13.4. The quantitative estimate of drug-likeness (QED) is 0.206. The third-order valence-corrected chi connectivity index (χ3v) is 1.98. The molecule has 0 rings (SSSR count). The molecule has 9 heteroatoms. The van der Waals surface area contributed by atoms with Gasteiger partial charge in [0.25, 0.3) is 10.1 Å². The van der Waals surface area contributed by atoms with E-state index in [1.807, 2.05) is 0 Å². The first kappa shape index (κ1) is 15.3. The molecule has 0 aliphatic carbocycles. The van der Waals surface area contributed by atoms with Crippen LogP contribution in [0.5, 0.6) is 0 Å². The van der Waals surface area contributed by atoms with Gasteiger partial charge >= 0.3 is 29.6 Å². The summed E-state index contributed by atoms with van der Waals surface area (Å²) in [6.07, 6.45) is 0. The van der Waals surface area contributed by atoms with Gasteiger partial charge in [-0.2, -0.15) is 8.42 Å². The number of nitrogens with one attached hydrogen (secondary N) is 1. The Morgan fingerprint density at radius 2 is 1.83 bits per heavy atom. The second-order valence-corrected chi connectivity index (χ2v) is 4.33. The average molecular weight is 227 g/mol. The number of thiol groups is 1. The minimum atomic E-state index is -3.98. The third-order valence-electron chi connectivity index (χ3n) is 0.778. The van der Waals surface area contributed by atoms with Gasteiger partial charge in [-0.25, -0.2) is 8.42 Å². The summed E-state index contributed by atoms with van der Waals surface area (Å²) in [7, 11) is -6.52. The SMILES string of the molecule is O=[SH](=O)CNCCS(=O)(=O)O.[NaH]. The molecule has 12 heavy (non-hydrogen) atoms. The molecule has 0 aromatic rings. The van der Waals surface area contributed by atoms with Gasteiger partial charge in [-0.3, -0.25) is 4.55 Å². The summed E-state index contributed by atoms with van der Waals surface area (Å²) in [4.78, 5) is 0. The van der Waals surface area contributed by atoms with E-state index in [0.29, 0.717) is 0 Å². The fourth-order valence-corrected chi connectivity index (χ4v) is 1.11. The van der Waals surface area contributed by atoms with E-state index in [-0.39, 0.29) is 42.0 Å². The monoisotopic (exact) mass is 227 g/mol. The summed E-state index contributed by atoms with van der Waals surface area (Å²) in [6.45, 7) is -0.0673. The number of rotatable bonds is 5. The molecule has 0 aromatic carbocycles. The van der Waals surface area contributed by atoms with Crippen LogP contribution in [0.25, 0.3) is 0 Å². The molecule has 0 amide bonds. The van der Waals surface area contributed by atoms with Crippen molar-refractivity contribution < 1.29 is 21.4 Å². The fourth-order valence-electron chi connectivity index (χ4n) is 0.371. The van der Waals surface area contributed by atoms with Crippen molar-refractivity contribution in [1.29, 1.82) is 0 Å². The molecule has 0 unspecified atom stereocenters. The number of hydrogen-bond acceptors (Lipinski definition) is 5. The Bertz CT molecular complexity index is 262. The van der Waals surface area contributed by atoms with Crippen molar-refractivity contribution in [2.45, 2.75) is 0 Å². The Morgan fingerprint density at radius 3 is 2.17 bits per heavy atom. The molecular formula is C3H10NNaO5S2. The van der Waals surface area contributed by atoms with Crippen molar-refractivity contribution in [1.82, 2.24) is 5.32 Å². The van der Waals surface area contributed by atoms with Gasteiger partial charge in [-0.1, -0.05) is 0 Å². The molecule has 0 aliphatic heterocycles. The number of hydrogen-bond donors (Lipinski definition) is 3. The van der Waals surface area contributed by atoms with E-state index in [1.165, 1.54) is 0 Å². The zero-order chi connectivity index (χ0) is 8.91. The van der Waals surface area contributed by atoms with E-state index < -0.39 is 26.6 Å². The predicted molar refractivity (Wildman–Crippen MR) is 46.7 cm³/mol. The summed E-state index contributed by atoms with van der Waals surface area (Å²) in [5.74, 6) is -0.749. The normalized spacial score (nSPS) is 11.2. The molecule has 0 radical (unpaired) electrons. The van der Waals surface area contributed by atoms with Crippen molar-refractivity contribution in [3.8, 4) is 0 Å². The molecule has 0 aliphatic rings. The molecule has 0 aromatic heterocycles. The Labute approximate surface area is 94.7 Å². The van der Waals surface area contributed by atoms with Gasteiger partial charge in [0.2, 0.25) is 0 Å². The van der Waals surface area contributed by atoms with Crippen LogP contribution in [0, 0.1) is 0 Å². The van der Waals surface area contributed by atoms with Crippen LogP contribution < -0.4 is 5.32 Å². The molecule has 0 fully saturated rings. The van der Waals surface area contributed by atoms with Crippen LogP contribution in [0.3, 0.4) is 0 Å². The van der Waals surface area contributed by atoms with E-state index in [1.54, 1.807) is 0 Å². The second-order valence-electron chi connectivity index (χ2n) is 1.78. The van der Waals surface area contributed by atoms with Crippen molar-refractivity contribution in [3.63, 3.8) is 0 Å². The standard InChI is InChI=1S/C3H9NO5S2.Na.H/c5-10(6)3-4-1-2-11(7,8)9;;/h4,10H,1-3H2,(H,7,8,9);;. The van der Waals surface area contributed by atoms with Gasteiger partial charge in [0.15, 0.2) is 10.7 Å². The van der Waals surface area contributed by atoms with Crippen LogP contribution in [0.1, 0.15) is 0 Å². The van der Waals surface area contributed by atoms with Crippen molar-refractivity contribution in [3.05, 3.63) is 0 Å². The van der Waals surface area contributed by atoms with Crippen molar-refractivity contribution in [2.75, 3.05) is 18.2 Å². The van der Waals surface area contributed by atoms with Crippen LogP contribution >= 0.6 is 0 Å². The first-order chi connectivity index (χ1) is 4.92. The minimum absolute atomic E-state index is 0. The Balaban J connectivity index is 0. The average Bonchev–Trinajstić information content (AvgIpc) is 1.78. The first-order valence-corrected chi connectivity index (χ1v) is 5.66. The van der Waals surface area contributed by atoms with Crippen molar-refractivity contribution >= 4 is 50.4 Å². The summed E-state index contributed by atoms with van der Waals surface area (Å²) in [6, 6.07) is 0. The van der Waals surface area contributed by atoms with Crippen LogP contribution in [-0.2, 0) is 20.8 Å². The Hall–Kier alpha value is 0.820. The molecule has 2 N–H and O–H groups in total. The topological polar surface area (TPSA) is 101 Å². The van der Waals surface area contributed by atoms with Gasteiger partial charge < -0.3 is 5.32 Å². The molecule has 0 bridgehead atoms. The maximum absolute atomic E-state index is 10.0. The van der Waals surface area contributed by atoms with E-state index in [4.69, 9.17) is 4.55 Å². The maximum atomic E-state index is 10.0. The predicted octanol–water partition coefficient (Wildman–Crippen LogP) is -2.62. The van der Waals surface area contributed by atoms with Gasteiger partial charge in [0.1, 0.15) is 0 Å². The molecule has 0 saturated carbocycles. The summed E-state index contributed by atoms with van der Waals surface area (Å²) in [5, 5.41) is 2.31. The zero-order valence-electron chi connectivity index (χ0n) is 5.56. The van der Waals surface area contributed by atoms with Gasteiger partial charge in [0.05, 0.1) is 11.6 Å². The second kappa shape index (κ2) is 7.25. The van der Waals surface area contributed by atoms with Crippen LogP contribution in [0.2, 0.25) is 0 Å². The summed E-state index contributed by atoms with van der Waals surface area (Å²) in [5.41, 5.74) is 0. The molecule has 6 nitrogen and oxygen atoms in total. The molecular weight excluding hydrogens is 217 g/mol. The van der Waals surface area contributed by atoms with Crippen LogP contribution in [0.15, 0.2) is 0 Å². The zero-order valence-corrected chi connectivity index (χ0v) is 7.27. The molecule has 0 saturated heterocycles. The Kier molecular flexibility index (Phi) is 9.24. The van der Waals surface area contributed by atoms with E-state index in [9.17, 15) is 16.8 Å². The molecule has 0 atom stereocenters. The first-order valence-electron chi connectivity index (χ1n) is 2.69. The van der Waals surface area contributed by atoms with Crippen LogP contribution in [-0.4, -0.2) is 69.1 Å². The van der Waals surface area contributed by atoms with E-state index in [2.05, 4.69) is 5.32 Å².